The van der Waals surface area contributed by atoms with Gasteiger partial charge < -0.3 is 14.3 Å². The highest BCUT2D eigenvalue weighted by Crippen LogP contribution is 2.36. The van der Waals surface area contributed by atoms with E-state index in [1.165, 1.54) is 0 Å². The van der Waals surface area contributed by atoms with Crippen molar-refractivity contribution in [2.75, 3.05) is 0 Å². The van der Waals surface area contributed by atoms with Crippen LogP contribution in [0.5, 0.6) is 0 Å². The minimum absolute atomic E-state index is 0.408. The van der Waals surface area contributed by atoms with Crippen LogP contribution in [0.2, 0.25) is 0 Å². The molecule has 0 saturated heterocycles. The number of carboxylic acids is 1. The zero-order chi connectivity index (χ0) is 14.8. The van der Waals surface area contributed by atoms with Gasteiger partial charge in [-0.3, -0.25) is 0 Å². The summed E-state index contributed by atoms with van der Waals surface area (Å²) >= 11 is 0. The Morgan fingerprint density at radius 1 is 1.26 bits per heavy atom. The van der Waals surface area contributed by atoms with Crippen molar-refractivity contribution in [3.8, 4) is 0 Å². The predicted molar refractivity (Wildman–Crippen MR) is 46.4 cm³/mol. The molecule has 4 nitrogen and oxygen atoms in total. The second-order valence-electron chi connectivity index (χ2n) is 3.38. The van der Waals surface area contributed by atoms with Crippen LogP contribution in [0, 0.1) is 0 Å². The van der Waals surface area contributed by atoms with Gasteiger partial charge in [0.05, 0.1) is 5.56 Å². The molecule has 0 unspecified atom stereocenters. The summed E-state index contributed by atoms with van der Waals surface area (Å²) in [5.74, 6) is -1.89. The highest BCUT2D eigenvalue weighted by Gasteiger charge is 2.58. The highest BCUT2D eigenvalue weighted by molar-refractivity contribution is 5.87. The summed E-state index contributed by atoms with van der Waals surface area (Å²) in [6.07, 6.45) is -14.5. The molecule has 0 saturated carbocycles. The molecule has 0 aromatic carbocycles. The Labute approximate surface area is 101 Å². The number of rotatable bonds is 4. The van der Waals surface area contributed by atoms with Crippen LogP contribution in [0.4, 0.5) is 26.3 Å². The lowest BCUT2D eigenvalue weighted by molar-refractivity contribution is -0.325. The molecule has 0 spiro atoms. The summed E-state index contributed by atoms with van der Waals surface area (Å²) < 4.78 is 80.7. The quantitative estimate of drug-likeness (QED) is 0.867. The number of hydrogen-bond acceptors (Lipinski definition) is 3. The Balaban J connectivity index is 2.74. The molecular weight excluding hydrogens is 286 g/mol. The molecule has 0 radical (unpaired) electrons. The third kappa shape index (κ3) is 4.16. The lowest BCUT2D eigenvalue weighted by atomic mass is 10.3. The van der Waals surface area contributed by atoms with Gasteiger partial charge in [0.15, 0.2) is 0 Å². The van der Waals surface area contributed by atoms with E-state index in [2.05, 4.69) is 9.15 Å². The van der Waals surface area contributed by atoms with Gasteiger partial charge >= 0.3 is 18.3 Å². The van der Waals surface area contributed by atoms with Crippen LogP contribution in [0.3, 0.4) is 0 Å². The molecule has 19 heavy (non-hydrogen) atoms. The Bertz CT molecular complexity index is 432. The molecule has 1 rings (SSSR count). The monoisotopic (exact) mass is 292 g/mol. The first-order valence-corrected chi connectivity index (χ1v) is 4.57. The van der Waals surface area contributed by atoms with E-state index >= 15 is 0 Å². The van der Waals surface area contributed by atoms with Crippen molar-refractivity contribution in [1.82, 2.24) is 0 Å². The van der Waals surface area contributed by atoms with Crippen LogP contribution in [0.1, 0.15) is 16.1 Å². The maximum absolute atomic E-state index is 12.1. The van der Waals surface area contributed by atoms with Crippen LogP contribution in [-0.4, -0.2) is 29.5 Å². The van der Waals surface area contributed by atoms with Gasteiger partial charge in [0.2, 0.25) is 6.10 Å². The smallest absolute Gasteiger partial charge is 0.423 e. The molecule has 0 aliphatic carbocycles. The van der Waals surface area contributed by atoms with Crippen LogP contribution in [-0.2, 0) is 11.3 Å². The molecule has 1 N–H and O–H groups in total. The molecular formula is C9H6F6O4. The average molecular weight is 292 g/mol. The number of halogens is 6. The number of aromatic carboxylic acids is 1. The fourth-order valence-corrected chi connectivity index (χ4v) is 1.11. The third-order valence-electron chi connectivity index (χ3n) is 1.89. The minimum Gasteiger partial charge on any atom is -0.478 e. The molecule has 0 atom stereocenters. The van der Waals surface area contributed by atoms with Crippen molar-refractivity contribution < 1.29 is 45.4 Å². The second-order valence-corrected chi connectivity index (χ2v) is 3.38. The normalized spacial score (nSPS) is 13.0. The van der Waals surface area contributed by atoms with E-state index in [0.29, 0.717) is 6.26 Å². The second kappa shape index (κ2) is 5.11. The Hall–Kier alpha value is -1.71. The first-order valence-electron chi connectivity index (χ1n) is 4.57. The van der Waals surface area contributed by atoms with Crippen molar-refractivity contribution in [3.05, 3.63) is 23.7 Å². The summed E-state index contributed by atoms with van der Waals surface area (Å²) in [4.78, 5) is 10.4. The summed E-state index contributed by atoms with van der Waals surface area (Å²) in [7, 11) is 0. The van der Waals surface area contributed by atoms with Crippen LogP contribution in [0.25, 0.3) is 0 Å². The maximum Gasteiger partial charge on any atom is 0.423 e. The summed E-state index contributed by atoms with van der Waals surface area (Å²) in [5.41, 5.74) is -0.408. The van der Waals surface area contributed by atoms with Crippen LogP contribution in [0.15, 0.2) is 16.7 Å². The maximum atomic E-state index is 12.1. The Kier molecular flexibility index (Phi) is 4.13. The SMILES string of the molecule is O=C(O)c1coc(COC(C(F)(F)F)C(F)(F)F)c1. The lowest BCUT2D eigenvalue weighted by Gasteiger charge is -2.22. The zero-order valence-electron chi connectivity index (χ0n) is 8.88. The molecule has 0 aliphatic heterocycles. The third-order valence-corrected chi connectivity index (χ3v) is 1.89. The predicted octanol–water partition coefficient (Wildman–Crippen LogP) is 2.99. The molecule has 0 bridgehead atoms. The molecule has 1 aromatic heterocycles. The van der Waals surface area contributed by atoms with Gasteiger partial charge in [-0.1, -0.05) is 0 Å². The summed E-state index contributed by atoms with van der Waals surface area (Å²) in [6.45, 7) is -1.16. The van der Waals surface area contributed by atoms with Crippen molar-refractivity contribution in [2.45, 2.75) is 25.1 Å². The standard InChI is InChI=1S/C9H6F6O4/c10-8(11,12)7(9(13,14)15)19-3-5-1-4(2-18-5)6(16)17/h1-2,7H,3H2,(H,16,17). The average Bonchev–Trinajstić information content (AvgIpc) is 2.62. The summed E-state index contributed by atoms with van der Waals surface area (Å²) in [6, 6.07) is 0.770. The van der Waals surface area contributed by atoms with E-state index in [1.54, 1.807) is 0 Å². The van der Waals surface area contributed by atoms with Gasteiger partial charge in [-0.2, -0.15) is 26.3 Å². The first-order chi connectivity index (χ1) is 8.51. The number of furan rings is 1. The Morgan fingerprint density at radius 2 is 1.79 bits per heavy atom. The van der Waals surface area contributed by atoms with Crippen molar-refractivity contribution in [1.29, 1.82) is 0 Å². The van der Waals surface area contributed by atoms with E-state index in [4.69, 9.17) is 5.11 Å². The lowest BCUT2D eigenvalue weighted by Crippen LogP contribution is -2.44. The number of carbonyl (C=O) groups is 1. The zero-order valence-corrected chi connectivity index (χ0v) is 8.88. The molecule has 1 aromatic rings. The molecule has 0 aliphatic rings. The molecule has 10 heteroatoms. The molecule has 1 heterocycles. The molecule has 0 fully saturated rings. The van der Waals surface area contributed by atoms with E-state index in [0.717, 1.165) is 6.07 Å². The topological polar surface area (TPSA) is 59.7 Å². The van der Waals surface area contributed by atoms with E-state index in [1.807, 2.05) is 0 Å². The van der Waals surface area contributed by atoms with Crippen LogP contribution >= 0.6 is 0 Å². The largest absolute Gasteiger partial charge is 0.478 e. The van der Waals surface area contributed by atoms with Crippen LogP contribution < -0.4 is 0 Å². The first kappa shape index (κ1) is 15.3. The number of ether oxygens (including phenoxy) is 1. The van der Waals surface area contributed by atoms with Gasteiger partial charge in [0, 0.05) is 0 Å². The molecule has 0 amide bonds. The van der Waals surface area contributed by atoms with Crippen molar-refractivity contribution in [3.63, 3.8) is 0 Å². The van der Waals surface area contributed by atoms with Gasteiger partial charge in [-0.15, -0.1) is 0 Å². The van der Waals surface area contributed by atoms with Gasteiger partial charge in [-0.25, -0.2) is 4.79 Å². The fourth-order valence-electron chi connectivity index (χ4n) is 1.11. The van der Waals surface area contributed by atoms with E-state index in [-0.39, 0.29) is 0 Å². The van der Waals surface area contributed by atoms with Gasteiger partial charge in [-0.05, 0) is 6.07 Å². The van der Waals surface area contributed by atoms with Crippen molar-refractivity contribution in [2.24, 2.45) is 0 Å². The number of alkyl halides is 6. The Morgan fingerprint density at radius 3 is 2.16 bits per heavy atom. The number of hydrogen-bond donors (Lipinski definition) is 1. The minimum atomic E-state index is -5.62. The summed E-state index contributed by atoms with van der Waals surface area (Å²) in [5, 5.41) is 8.47. The van der Waals surface area contributed by atoms with Gasteiger partial charge in [0.25, 0.3) is 0 Å². The van der Waals surface area contributed by atoms with Crippen molar-refractivity contribution >= 4 is 5.97 Å². The van der Waals surface area contributed by atoms with E-state index < -0.39 is 42.4 Å². The number of carboxylic acid groups (broad SMARTS) is 1. The molecule has 108 valence electrons. The highest BCUT2D eigenvalue weighted by atomic mass is 19.4. The fraction of sp³-hybridized carbons (Fsp3) is 0.444. The van der Waals surface area contributed by atoms with Gasteiger partial charge in [0.1, 0.15) is 18.6 Å². The van der Waals surface area contributed by atoms with E-state index in [9.17, 15) is 31.1 Å².